The predicted molar refractivity (Wildman–Crippen MR) is 73.2 cm³/mol. The molecule has 1 saturated heterocycles. The lowest BCUT2D eigenvalue weighted by Crippen LogP contribution is -2.36. The Hall–Kier alpha value is -0.610. The molecule has 1 aliphatic carbocycles. The standard InChI is InChI=1S/C14H27N3O/c15-11-12-5-3-6-13(12)14(18)16-7-4-10-17-8-1-2-9-17/h12-13H,1-11,15H2,(H,16,18). The quantitative estimate of drug-likeness (QED) is 0.693. The van der Waals surface area contributed by atoms with Gasteiger partial charge in [-0.15, -0.1) is 0 Å². The van der Waals surface area contributed by atoms with Crippen molar-refractivity contribution >= 4 is 5.91 Å². The minimum Gasteiger partial charge on any atom is -0.356 e. The lowest BCUT2D eigenvalue weighted by Gasteiger charge is -2.18. The summed E-state index contributed by atoms with van der Waals surface area (Å²) in [6.45, 7) is 5.10. The van der Waals surface area contributed by atoms with Gasteiger partial charge in [-0.1, -0.05) is 6.42 Å². The smallest absolute Gasteiger partial charge is 0.223 e. The molecule has 0 aromatic carbocycles. The van der Waals surface area contributed by atoms with Crippen LogP contribution >= 0.6 is 0 Å². The fourth-order valence-electron chi connectivity index (χ4n) is 3.32. The van der Waals surface area contributed by atoms with Crippen LogP contribution in [0.5, 0.6) is 0 Å². The summed E-state index contributed by atoms with van der Waals surface area (Å²) in [6, 6.07) is 0. The zero-order valence-corrected chi connectivity index (χ0v) is 11.4. The normalized spacial score (nSPS) is 28.7. The Labute approximate surface area is 110 Å². The number of amides is 1. The molecular formula is C14H27N3O. The van der Waals surface area contributed by atoms with E-state index < -0.39 is 0 Å². The second-order valence-corrected chi connectivity index (χ2v) is 5.73. The molecule has 0 bridgehead atoms. The third-order valence-corrected chi connectivity index (χ3v) is 4.45. The average Bonchev–Trinajstić information content (AvgIpc) is 3.04. The highest BCUT2D eigenvalue weighted by Crippen LogP contribution is 2.30. The third-order valence-electron chi connectivity index (χ3n) is 4.45. The van der Waals surface area contributed by atoms with Crippen molar-refractivity contribution in [1.29, 1.82) is 0 Å². The lowest BCUT2D eigenvalue weighted by atomic mass is 9.95. The maximum absolute atomic E-state index is 12.0. The molecule has 2 aliphatic rings. The van der Waals surface area contributed by atoms with Crippen LogP contribution in [0.25, 0.3) is 0 Å². The molecule has 4 heteroatoms. The van der Waals surface area contributed by atoms with Crippen molar-refractivity contribution in [3.05, 3.63) is 0 Å². The Balaban J connectivity index is 1.59. The SMILES string of the molecule is NCC1CCCC1C(=O)NCCCN1CCCC1. The van der Waals surface area contributed by atoms with Crippen LogP contribution in [0, 0.1) is 11.8 Å². The number of nitrogens with zero attached hydrogens (tertiary/aromatic N) is 1. The van der Waals surface area contributed by atoms with Gasteiger partial charge in [-0.25, -0.2) is 0 Å². The van der Waals surface area contributed by atoms with E-state index in [-0.39, 0.29) is 11.8 Å². The van der Waals surface area contributed by atoms with Crippen LogP contribution in [0.3, 0.4) is 0 Å². The van der Waals surface area contributed by atoms with Crippen LogP contribution in [0.1, 0.15) is 38.5 Å². The van der Waals surface area contributed by atoms with Gasteiger partial charge < -0.3 is 16.0 Å². The van der Waals surface area contributed by atoms with E-state index in [1.165, 1.54) is 25.9 Å². The summed E-state index contributed by atoms with van der Waals surface area (Å²) in [5.74, 6) is 0.842. The van der Waals surface area contributed by atoms with E-state index in [1.54, 1.807) is 0 Å². The summed E-state index contributed by atoms with van der Waals surface area (Å²) < 4.78 is 0. The summed E-state index contributed by atoms with van der Waals surface area (Å²) in [7, 11) is 0. The highest BCUT2D eigenvalue weighted by molar-refractivity contribution is 5.79. The highest BCUT2D eigenvalue weighted by atomic mass is 16.1. The minimum atomic E-state index is 0.182. The van der Waals surface area contributed by atoms with Crippen molar-refractivity contribution in [3.8, 4) is 0 Å². The van der Waals surface area contributed by atoms with E-state index in [0.717, 1.165) is 38.8 Å². The molecule has 1 heterocycles. The van der Waals surface area contributed by atoms with Crippen LogP contribution in [0.2, 0.25) is 0 Å². The van der Waals surface area contributed by atoms with Crippen LogP contribution in [0.4, 0.5) is 0 Å². The van der Waals surface area contributed by atoms with E-state index in [4.69, 9.17) is 5.73 Å². The fourth-order valence-corrected chi connectivity index (χ4v) is 3.32. The summed E-state index contributed by atoms with van der Waals surface area (Å²) in [5, 5.41) is 3.09. The number of hydrogen-bond donors (Lipinski definition) is 2. The van der Waals surface area contributed by atoms with Gasteiger partial charge >= 0.3 is 0 Å². The Morgan fingerprint density at radius 1 is 1.22 bits per heavy atom. The van der Waals surface area contributed by atoms with Crippen LogP contribution in [0.15, 0.2) is 0 Å². The first-order chi connectivity index (χ1) is 8.81. The third kappa shape index (κ3) is 3.69. The number of carbonyl (C=O) groups excluding carboxylic acids is 1. The fraction of sp³-hybridized carbons (Fsp3) is 0.929. The molecular weight excluding hydrogens is 226 g/mol. The molecule has 3 N–H and O–H groups in total. The van der Waals surface area contributed by atoms with E-state index in [1.807, 2.05) is 0 Å². The minimum absolute atomic E-state index is 0.182. The highest BCUT2D eigenvalue weighted by Gasteiger charge is 2.31. The number of nitrogens with two attached hydrogens (primary N) is 1. The average molecular weight is 253 g/mol. The van der Waals surface area contributed by atoms with Crippen molar-refractivity contribution in [1.82, 2.24) is 10.2 Å². The van der Waals surface area contributed by atoms with Gasteiger partial charge in [0.15, 0.2) is 0 Å². The van der Waals surface area contributed by atoms with E-state index in [9.17, 15) is 4.79 Å². The van der Waals surface area contributed by atoms with Gasteiger partial charge in [0.25, 0.3) is 0 Å². The molecule has 1 amide bonds. The molecule has 1 aliphatic heterocycles. The van der Waals surface area contributed by atoms with Gasteiger partial charge in [0.1, 0.15) is 0 Å². The van der Waals surface area contributed by atoms with Crippen LogP contribution in [-0.2, 0) is 4.79 Å². The number of carbonyl (C=O) groups is 1. The van der Waals surface area contributed by atoms with E-state index in [2.05, 4.69) is 10.2 Å². The lowest BCUT2D eigenvalue weighted by molar-refractivity contribution is -0.125. The molecule has 0 aromatic rings. The topological polar surface area (TPSA) is 58.4 Å². The van der Waals surface area contributed by atoms with Crippen molar-refractivity contribution in [2.75, 3.05) is 32.7 Å². The second kappa shape index (κ2) is 7.10. The molecule has 4 nitrogen and oxygen atoms in total. The Bertz CT molecular complexity index is 264. The molecule has 2 fully saturated rings. The zero-order valence-electron chi connectivity index (χ0n) is 11.4. The van der Waals surface area contributed by atoms with Crippen molar-refractivity contribution in [2.45, 2.75) is 38.5 Å². The molecule has 18 heavy (non-hydrogen) atoms. The maximum atomic E-state index is 12.0. The largest absolute Gasteiger partial charge is 0.356 e. The first-order valence-electron chi connectivity index (χ1n) is 7.51. The molecule has 2 atom stereocenters. The molecule has 1 saturated carbocycles. The molecule has 2 unspecified atom stereocenters. The molecule has 104 valence electrons. The Morgan fingerprint density at radius 3 is 2.72 bits per heavy atom. The first kappa shape index (κ1) is 13.8. The van der Waals surface area contributed by atoms with Gasteiger partial charge in [-0.3, -0.25) is 4.79 Å². The Morgan fingerprint density at radius 2 is 2.00 bits per heavy atom. The summed E-state index contributed by atoms with van der Waals surface area (Å²) in [4.78, 5) is 14.5. The predicted octanol–water partition coefficient (Wildman–Crippen LogP) is 0.964. The van der Waals surface area contributed by atoms with Gasteiger partial charge in [-0.2, -0.15) is 0 Å². The van der Waals surface area contributed by atoms with Gasteiger partial charge in [0.05, 0.1) is 0 Å². The van der Waals surface area contributed by atoms with Gasteiger partial charge in [0, 0.05) is 12.5 Å². The van der Waals surface area contributed by atoms with Crippen LogP contribution in [-0.4, -0.2) is 43.5 Å². The summed E-state index contributed by atoms with van der Waals surface area (Å²) in [5.41, 5.74) is 5.71. The number of hydrogen-bond acceptors (Lipinski definition) is 3. The maximum Gasteiger partial charge on any atom is 0.223 e. The molecule has 0 spiro atoms. The molecule has 2 rings (SSSR count). The number of nitrogens with one attached hydrogen (secondary N) is 1. The van der Waals surface area contributed by atoms with Crippen molar-refractivity contribution in [2.24, 2.45) is 17.6 Å². The first-order valence-corrected chi connectivity index (χ1v) is 7.51. The van der Waals surface area contributed by atoms with E-state index in [0.29, 0.717) is 12.5 Å². The number of rotatable bonds is 6. The summed E-state index contributed by atoms with van der Waals surface area (Å²) >= 11 is 0. The number of likely N-dealkylation sites (tertiary alicyclic amines) is 1. The van der Waals surface area contributed by atoms with E-state index >= 15 is 0 Å². The molecule has 0 aromatic heterocycles. The van der Waals surface area contributed by atoms with Gasteiger partial charge in [-0.05, 0) is 64.2 Å². The molecule has 0 radical (unpaired) electrons. The second-order valence-electron chi connectivity index (χ2n) is 5.73. The van der Waals surface area contributed by atoms with Gasteiger partial charge in [0.2, 0.25) is 5.91 Å². The van der Waals surface area contributed by atoms with Crippen molar-refractivity contribution < 1.29 is 4.79 Å². The Kier molecular flexibility index (Phi) is 5.45. The van der Waals surface area contributed by atoms with Crippen LogP contribution < -0.4 is 11.1 Å². The monoisotopic (exact) mass is 253 g/mol. The van der Waals surface area contributed by atoms with Crippen molar-refractivity contribution in [3.63, 3.8) is 0 Å². The summed E-state index contributed by atoms with van der Waals surface area (Å²) in [6.07, 6.45) is 7.07. The zero-order chi connectivity index (χ0) is 12.8.